The fourth-order valence-corrected chi connectivity index (χ4v) is 1.70. The Balaban J connectivity index is 2.95. The highest BCUT2D eigenvalue weighted by atomic mass is 127. The Kier molecular flexibility index (Phi) is 2.07. The van der Waals surface area contributed by atoms with Crippen LogP contribution in [0.4, 0.5) is 0 Å². The van der Waals surface area contributed by atoms with E-state index in [1.807, 2.05) is 12.1 Å². The fraction of sp³-hybridized carbons (Fsp3) is 0.111. The molecule has 4 heteroatoms. The highest BCUT2D eigenvalue weighted by Gasteiger charge is 2.00. The lowest BCUT2D eigenvalue weighted by Crippen LogP contribution is -2.09. The summed E-state index contributed by atoms with van der Waals surface area (Å²) >= 11 is 2.20. The van der Waals surface area contributed by atoms with Gasteiger partial charge in [-0.25, -0.2) is 4.98 Å². The summed E-state index contributed by atoms with van der Waals surface area (Å²) in [5.41, 5.74) is 0.687. The number of H-pyrrole nitrogens is 1. The molecule has 1 aromatic heterocycles. The van der Waals surface area contributed by atoms with Crippen LogP contribution in [-0.2, 0) is 0 Å². The summed E-state index contributed by atoms with van der Waals surface area (Å²) in [5, 5.41) is 0.644. The zero-order chi connectivity index (χ0) is 9.42. The maximum atomic E-state index is 11.4. The summed E-state index contributed by atoms with van der Waals surface area (Å²) in [6.45, 7) is 1.78. The van der Waals surface area contributed by atoms with E-state index in [0.717, 1.165) is 9.09 Å². The Bertz CT molecular complexity index is 513. The number of hydrogen-bond acceptors (Lipinski definition) is 2. The molecule has 2 aromatic rings. The van der Waals surface area contributed by atoms with Gasteiger partial charge in [-0.3, -0.25) is 4.79 Å². The minimum absolute atomic E-state index is 0.0705. The third kappa shape index (κ3) is 1.58. The predicted octanol–water partition coefficient (Wildman–Crippen LogP) is 1.84. The molecule has 1 heterocycles. The highest BCUT2D eigenvalue weighted by molar-refractivity contribution is 14.1. The molecule has 0 aliphatic carbocycles. The van der Waals surface area contributed by atoms with Crippen molar-refractivity contribution < 1.29 is 0 Å². The molecule has 0 saturated carbocycles. The van der Waals surface area contributed by atoms with Crippen LogP contribution in [0, 0.1) is 10.5 Å². The molecule has 0 radical (unpaired) electrons. The van der Waals surface area contributed by atoms with Crippen LogP contribution >= 0.6 is 22.6 Å². The number of benzene rings is 1. The van der Waals surface area contributed by atoms with E-state index in [-0.39, 0.29) is 5.56 Å². The van der Waals surface area contributed by atoms with Crippen LogP contribution in [0.5, 0.6) is 0 Å². The number of rotatable bonds is 0. The lowest BCUT2D eigenvalue weighted by Gasteiger charge is -1.98. The molecule has 1 N–H and O–H groups in total. The second-order valence-electron chi connectivity index (χ2n) is 2.81. The summed E-state index contributed by atoms with van der Waals surface area (Å²) in [5.74, 6) is 0.652. The van der Waals surface area contributed by atoms with E-state index in [9.17, 15) is 4.79 Å². The normalized spacial score (nSPS) is 10.6. The summed E-state index contributed by atoms with van der Waals surface area (Å²) < 4.78 is 1.09. The molecule has 13 heavy (non-hydrogen) atoms. The van der Waals surface area contributed by atoms with E-state index >= 15 is 0 Å². The van der Waals surface area contributed by atoms with Gasteiger partial charge in [0.15, 0.2) is 0 Å². The van der Waals surface area contributed by atoms with Crippen molar-refractivity contribution in [3.63, 3.8) is 0 Å². The van der Waals surface area contributed by atoms with Crippen molar-refractivity contribution in [2.24, 2.45) is 0 Å². The lowest BCUT2D eigenvalue weighted by atomic mass is 10.2. The van der Waals surface area contributed by atoms with Crippen molar-refractivity contribution in [1.29, 1.82) is 0 Å². The first-order chi connectivity index (χ1) is 6.16. The van der Waals surface area contributed by atoms with E-state index in [0.29, 0.717) is 11.2 Å². The van der Waals surface area contributed by atoms with E-state index in [1.54, 1.807) is 13.0 Å². The standard InChI is InChI=1S/C9H7IN2O/c1-5-11-8-4-6(10)2-3-7(8)9(13)12-5/h2-4H,1H3,(H,11,12,13). The van der Waals surface area contributed by atoms with Crippen LogP contribution in [0.25, 0.3) is 10.9 Å². The Hall–Kier alpha value is -0.910. The number of hydrogen-bond donors (Lipinski definition) is 1. The minimum atomic E-state index is -0.0705. The van der Waals surface area contributed by atoms with Crippen molar-refractivity contribution in [2.45, 2.75) is 6.92 Å². The molecule has 0 bridgehead atoms. The molecule has 3 nitrogen and oxygen atoms in total. The molecule has 0 aliphatic heterocycles. The molecule has 0 unspecified atom stereocenters. The molecule has 0 atom stereocenters. The largest absolute Gasteiger partial charge is 0.310 e. The topological polar surface area (TPSA) is 45.8 Å². The molecule has 0 fully saturated rings. The molecule has 0 saturated heterocycles. The number of nitrogens with one attached hydrogen (secondary N) is 1. The Labute approximate surface area is 88.3 Å². The van der Waals surface area contributed by atoms with Crippen LogP contribution in [-0.4, -0.2) is 9.97 Å². The maximum Gasteiger partial charge on any atom is 0.258 e. The van der Waals surface area contributed by atoms with Gasteiger partial charge in [0.1, 0.15) is 5.82 Å². The van der Waals surface area contributed by atoms with Gasteiger partial charge in [-0.2, -0.15) is 0 Å². The van der Waals surface area contributed by atoms with Gasteiger partial charge in [0.2, 0.25) is 0 Å². The third-order valence-corrected chi connectivity index (χ3v) is 2.46. The summed E-state index contributed by atoms with van der Waals surface area (Å²) in [4.78, 5) is 18.3. The van der Waals surface area contributed by atoms with E-state index in [4.69, 9.17) is 0 Å². The van der Waals surface area contributed by atoms with Crippen LogP contribution in [0.15, 0.2) is 23.0 Å². The number of aryl methyl sites for hydroxylation is 1. The number of halogens is 1. The zero-order valence-electron chi connectivity index (χ0n) is 6.97. The number of aromatic nitrogens is 2. The van der Waals surface area contributed by atoms with Gasteiger partial charge >= 0.3 is 0 Å². The first-order valence-corrected chi connectivity index (χ1v) is 4.91. The number of fused-ring (bicyclic) bond motifs is 1. The van der Waals surface area contributed by atoms with Crippen LogP contribution in [0.3, 0.4) is 0 Å². The van der Waals surface area contributed by atoms with Crippen LogP contribution in [0.2, 0.25) is 0 Å². The fourth-order valence-electron chi connectivity index (χ4n) is 1.23. The van der Waals surface area contributed by atoms with Crippen LogP contribution < -0.4 is 5.56 Å². The molecule has 2 rings (SSSR count). The van der Waals surface area contributed by atoms with Crippen molar-refractivity contribution in [3.05, 3.63) is 37.9 Å². The average molecular weight is 286 g/mol. The van der Waals surface area contributed by atoms with Gasteiger partial charge < -0.3 is 4.98 Å². The summed E-state index contributed by atoms with van der Waals surface area (Å²) in [7, 11) is 0. The average Bonchev–Trinajstić information content (AvgIpc) is 2.02. The van der Waals surface area contributed by atoms with Gasteiger partial charge in [-0.1, -0.05) is 0 Å². The van der Waals surface area contributed by atoms with Crippen molar-refractivity contribution in [2.75, 3.05) is 0 Å². The number of aromatic amines is 1. The first-order valence-electron chi connectivity index (χ1n) is 3.83. The van der Waals surface area contributed by atoms with Crippen molar-refractivity contribution in [1.82, 2.24) is 9.97 Å². The van der Waals surface area contributed by atoms with Gasteiger partial charge in [-0.05, 0) is 47.7 Å². The zero-order valence-corrected chi connectivity index (χ0v) is 9.12. The van der Waals surface area contributed by atoms with E-state index in [2.05, 4.69) is 32.6 Å². The molecule has 66 valence electrons. The SMILES string of the molecule is Cc1nc2cc(I)ccc2c(=O)[nH]1. The smallest absolute Gasteiger partial charge is 0.258 e. The van der Waals surface area contributed by atoms with E-state index < -0.39 is 0 Å². The Morgan fingerprint density at radius 1 is 1.46 bits per heavy atom. The monoisotopic (exact) mass is 286 g/mol. The molecule has 0 spiro atoms. The second kappa shape index (κ2) is 3.10. The van der Waals surface area contributed by atoms with Gasteiger partial charge in [-0.15, -0.1) is 0 Å². The Morgan fingerprint density at radius 3 is 3.00 bits per heavy atom. The molecule has 1 aromatic carbocycles. The molecule has 0 amide bonds. The maximum absolute atomic E-state index is 11.4. The Morgan fingerprint density at radius 2 is 2.23 bits per heavy atom. The summed E-state index contributed by atoms with van der Waals surface area (Å²) in [6, 6.07) is 5.59. The van der Waals surface area contributed by atoms with Crippen molar-refractivity contribution >= 4 is 33.5 Å². The quantitative estimate of drug-likeness (QED) is 0.751. The van der Waals surface area contributed by atoms with Crippen molar-refractivity contribution in [3.8, 4) is 0 Å². The first kappa shape index (κ1) is 8.68. The van der Waals surface area contributed by atoms with Gasteiger partial charge in [0.05, 0.1) is 10.9 Å². The molecular weight excluding hydrogens is 279 g/mol. The minimum Gasteiger partial charge on any atom is -0.310 e. The molecular formula is C9H7IN2O. The van der Waals surface area contributed by atoms with E-state index in [1.165, 1.54) is 0 Å². The van der Waals surface area contributed by atoms with Gasteiger partial charge in [0, 0.05) is 3.57 Å². The lowest BCUT2D eigenvalue weighted by molar-refractivity contribution is 1.06. The summed E-state index contributed by atoms with van der Waals surface area (Å²) in [6.07, 6.45) is 0. The second-order valence-corrected chi connectivity index (χ2v) is 4.06. The van der Waals surface area contributed by atoms with Crippen LogP contribution in [0.1, 0.15) is 5.82 Å². The number of nitrogens with zero attached hydrogens (tertiary/aromatic N) is 1. The third-order valence-electron chi connectivity index (χ3n) is 1.79. The predicted molar refractivity (Wildman–Crippen MR) is 59.8 cm³/mol. The highest BCUT2D eigenvalue weighted by Crippen LogP contribution is 2.11. The molecule has 0 aliphatic rings. The van der Waals surface area contributed by atoms with Gasteiger partial charge in [0.25, 0.3) is 5.56 Å².